The molecule has 0 spiro atoms. The molecule has 8 nitrogen and oxygen atoms in total. The predicted molar refractivity (Wildman–Crippen MR) is 128 cm³/mol. The normalized spacial score (nSPS) is 15.0. The molecule has 3 rings (SSSR count). The molecule has 0 unspecified atom stereocenters. The molecule has 36 heavy (non-hydrogen) atoms. The summed E-state index contributed by atoms with van der Waals surface area (Å²) in [6.45, 7) is 3.55. The molecule has 1 aliphatic rings. The summed E-state index contributed by atoms with van der Waals surface area (Å²) in [6, 6.07) is 11.4. The molecular weight excluding hydrogens is 477 g/mol. The van der Waals surface area contributed by atoms with E-state index in [1.807, 2.05) is 17.9 Å². The molecule has 0 saturated carbocycles. The molecule has 2 aromatic carbocycles. The number of alkyl halides is 3. The quantitative estimate of drug-likeness (QED) is 0.448. The molecule has 0 aromatic heterocycles. The van der Waals surface area contributed by atoms with Crippen LogP contribution in [0.2, 0.25) is 0 Å². The van der Waals surface area contributed by atoms with Gasteiger partial charge in [-0.15, -0.1) is 0 Å². The van der Waals surface area contributed by atoms with E-state index in [1.54, 1.807) is 0 Å². The van der Waals surface area contributed by atoms with Crippen LogP contribution in [0, 0.1) is 11.3 Å². The summed E-state index contributed by atoms with van der Waals surface area (Å²) in [7, 11) is 0. The van der Waals surface area contributed by atoms with Crippen molar-refractivity contribution in [3.8, 4) is 6.07 Å². The first kappa shape index (κ1) is 26.8. The number of nitriles is 1. The number of hydrogen-bond acceptors (Lipinski definition) is 5. The Balaban J connectivity index is 1.96. The average molecular weight is 505 g/mol. The zero-order valence-corrected chi connectivity index (χ0v) is 19.6. The first-order chi connectivity index (χ1) is 17.1. The van der Waals surface area contributed by atoms with Gasteiger partial charge in [0.05, 0.1) is 35.3 Å². The summed E-state index contributed by atoms with van der Waals surface area (Å²) in [4.78, 5) is 25.9. The minimum Gasteiger partial charge on any atom is -0.481 e. The van der Waals surface area contributed by atoms with Crippen molar-refractivity contribution in [3.63, 3.8) is 0 Å². The third-order valence-electron chi connectivity index (χ3n) is 6.00. The van der Waals surface area contributed by atoms with Gasteiger partial charge in [0.25, 0.3) is 0 Å². The van der Waals surface area contributed by atoms with E-state index < -0.39 is 30.5 Å². The number of ether oxygens (including phenoxy) is 1. The van der Waals surface area contributed by atoms with Crippen LogP contribution < -0.4 is 15.5 Å². The molecule has 3 N–H and O–H groups in total. The number of nitrogens with zero attached hydrogens (tertiary/aromatic N) is 2. The lowest BCUT2D eigenvalue weighted by Crippen LogP contribution is -2.40. The van der Waals surface area contributed by atoms with Gasteiger partial charge >= 0.3 is 18.2 Å². The fourth-order valence-electron chi connectivity index (χ4n) is 4.25. The van der Waals surface area contributed by atoms with Crippen molar-refractivity contribution in [2.24, 2.45) is 0 Å². The van der Waals surface area contributed by atoms with Gasteiger partial charge in [0, 0.05) is 31.5 Å². The second-order valence-corrected chi connectivity index (χ2v) is 8.37. The van der Waals surface area contributed by atoms with E-state index in [1.165, 1.54) is 42.5 Å². The third kappa shape index (κ3) is 6.88. The molecule has 0 radical (unpaired) electrons. The van der Waals surface area contributed by atoms with Crippen molar-refractivity contribution < 1.29 is 32.6 Å². The zero-order valence-electron chi connectivity index (χ0n) is 19.6. The van der Waals surface area contributed by atoms with Gasteiger partial charge in [-0.1, -0.05) is 6.07 Å². The number of nitrogens with one attached hydrogen (secondary N) is 2. The van der Waals surface area contributed by atoms with E-state index >= 15 is 0 Å². The molecule has 0 bridgehead atoms. The van der Waals surface area contributed by atoms with Gasteiger partial charge in [-0.2, -0.15) is 18.4 Å². The summed E-state index contributed by atoms with van der Waals surface area (Å²) >= 11 is 0. The van der Waals surface area contributed by atoms with Gasteiger partial charge in [0.2, 0.25) is 0 Å². The van der Waals surface area contributed by atoms with E-state index in [4.69, 9.17) is 15.1 Å². The van der Waals surface area contributed by atoms with Crippen LogP contribution in [0.15, 0.2) is 42.5 Å². The number of carboxylic acids is 1. The SMILES string of the molecule is CCN(c1ccc([C@H](CC(=O)O)C(F)(F)F)cc1NC(=O)Nc1ccc(C#N)cc1)C1CCOCC1. The maximum atomic E-state index is 13.7. The van der Waals surface area contributed by atoms with Crippen LogP contribution in [0.5, 0.6) is 0 Å². The fraction of sp³-hybridized carbons (Fsp3) is 0.400. The zero-order chi connectivity index (χ0) is 26.3. The van der Waals surface area contributed by atoms with E-state index in [9.17, 15) is 22.8 Å². The largest absolute Gasteiger partial charge is 0.481 e. The Hall–Kier alpha value is -3.78. The van der Waals surface area contributed by atoms with E-state index in [-0.39, 0.29) is 17.3 Å². The molecular formula is C25H27F3N4O4. The van der Waals surface area contributed by atoms with Crippen LogP contribution >= 0.6 is 0 Å². The Labute approximate surface area is 206 Å². The number of carbonyl (C=O) groups excluding carboxylic acids is 1. The number of urea groups is 1. The molecule has 1 atom stereocenters. The van der Waals surface area contributed by atoms with Crippen LogP contribution in [0.4, 0.5) is 35.0 Å². The maximum Gasteiger partial charge on any atom is 0.396 e. The van der Waals surface area contributed by atoms with Crippen molar-refractivity contribution in [1.29, 1.82) is 5.26 Å². The van der Waals surface area contributed by atoms with Gasteiger partial charge < -0.3 is 25.4 Å². The number of carbonyl (C=O) groups is 2. The second-order valence-electron chi connectivity index (χ2n) is 8.37. The maximum absolute atomic E-state index is 13.7. The van der Waals surface area contributed by atoms with Crippen LogP contribution in [0.1, 0.15) is 43.2 Å². The number of anilines is 3. The third-order valence-corrected chi connectivity index (χ3v) is 6.00. The average Bonchev–Trinajstić information content (AvgIpc) is 2.84. The van der Waals surface area contributed by atoms with E-state index in [0.29, 0.717) is 36.7 Å². The highest BCUT2D eigenvalue weighted by molar-refractivity contribution is 6.02. The number of hydrogen-bond donors (Lipinski definition) is 3. The minimum atomic E-state index is -4.78. The molecule has 0 aliphatic carbocycles. The summed E-state index contributed by atoms with van der Waals surface area (Å²) in [5.74, 6) is -3.81. The highest BCUT2D eigenvalue weighted by Crippen LogP contribution is 2.41. The number of halogens is 3. The molecule has 1 fully saturated rings. The number of benzene rings is 2. The van der Waals surface area contributed by atoms with Crippen LogP contribution in [0.25, 0.3) is 0 Å². The lowest BCUT2D eigenvalue weighted by atomic mass is 9.93. The monoisotopic (exact) mass is 504 g/mol. The van der Waals surface area contributed by atoms with Crippen molar-refractivity contribution in [2.45, 2.75) is 44.3 Å². The Morgan fingerprint density at radius 3 is 2.39 bits per heavy atom. The molecule has 1 heterocycles. The van der Waals surface area contributed by atoms with Crippen molar-refractivity contribution in [1.82, 2.24) is 0 Å². The Bertz CT molecular complexity index is 1110. The summed E-state index contributed by atoms with van der Waals surface area (Å²) in [5, 5.41) is 23.2. The Morgan fingerprint density at radius 1 is 1.17 bits per heavy atom. The predicted octanol–water partition coefficient (Wildman–Crippen LogP) is 5.33. The standard InChI is InChI=1S/C25H27F3N4O4/c1-2-32(19-9-11-36-12-10-19)22-8-5-17(20(14-23(33)34)25(26,27)28)13-21(22)31-24(35)30-18-6-3-16(15-29)4-7-18/h3-8,13,19-20H,2,9-12,14H2,1H3,(H,33,34)(H2,30,31,35)/t20-/m0/s1. The summed E-state index contributed by atoms with van der Waals surface area (Å²) < 4.78 is 46.6. The van der Waals surface area contributed by atoms with Gasteiger partial charge in [-0.05, 0) is 61.7 Å². The van der Waals surface area contributed by atoms with Gasteiger partial charge in [0.1, 0.15) is 0 Å². The fourth-order valence-corrected chi connectivity index (χ4v) is 4.25. The topological polar surface area (TPSA) is 115 Å². The lowest BCUT2D eigenvalue weighted by molar-refractivity contribution is -0.163. The van der Waals surface area contributed by atoms with Gasteiger partial charge in [-0.3, -0.25) is 4.79 Å². The van der Waals surface area contributed by atoms with Crippen molar-refractivity contribution in [3.05, 3.63) is 53.6 Å². The number of aliphatic carboxylic acids is 1. The molecule has 2 amide bonds. The van der Waals surface area contributed by atoms with Crippen LogP contribution in [-0.2, 0) is 9.53 Å². The van der Waals surface area contributed by atoms with Gasteiger partial charge in [0.15, 0.2) is 0 Å². The second kappa shape index (κ2) is 11.8. The highest BCUT2D eigenvalue weighted by atomic mass is 19.4. The van der Waals surface area contributed by atoms with Crippen molar-refractivity contribution in [2.75, 3.05) is 35.3 Å². The summed E-state index contributed by atoms with van der Waals surface area (Å²) in [5.41, 5.74) is 1.19. The molecule has 1 saturated heterocycles. The van der Waals surface area contributed by atoms with Crippen LogP contribution in [-0.4, -0.2) is 49.1 Å². The minimum absolute atomic E-state index is 0.0640. The van der Waals surface area contributed by atoms with Crippen molar-refractivity contribution >= 4 is 29.1 Å². The molecule has 2 aromatic rings. The highest BCUT2D eigenvalue weighted by Gasteiger charge is 2.42. The Morgan fingerprint density at radius 2 is 1.83 bits per heavy atom. The Kier molecular flexibility index (Phi) is 8.77. The van der Waals surface area contributed by atoms with Gasteiger partial charge in [-0.25, -0.2) is 4.79 Å². The first-order valence-corrected chi connectivity index (χ1v) is 11.5. The van der Waals surface area contributed by atoms with Crippen LogP contribution in [0.3, 0.4) is 0 Å². The molecule has 11 heteroatoms. The lowest BCUT2D eigenvalue weighted by Gasteiger charge is -2.36. The first-order valence-electron chi connectivity index (χ1n) is 11.5. The number of amides is 2. The van der Waals surface area contributed by atoms with E-state index in [0.717, 1.165) is 12.8 Å². The molecule has 192 valence electrons. The van der Waals surface area contributed by atoms with E-state index in [2.05, 4.69) is 10.6 Å². The molecule has 1 aliphatic heterocycles. The number of rotatable bonds is 8. The number of carboxylic acid groups (broad SMARTS) is 1. The smallest absolute Gasteiger partial charge is 0.396 e. The summed E-state index contributed by atoms with van der Waals surface area (Å²) in [6.07, 6.45) is -4.47.